The van der Waals surface area contributed by atoms with Gasteiger partial charge in [0.05, 0.1) is 10.0 Å². The fraction of sp³-hybridized carbons (Fsp3) is 0. The van der Waals surface area contributed by atoms with E-state index < -0.39 is 0 Å². The zero-order valence-electron chi connectivity index (χ0n) is 6.63. The Hall–Kier alpha value is -0.990. The third-order valence-corrected chi connectivity index (χ3v) is 2.12. The first-order valence-electron chi connectivity index (χ1n) is 3.55. The summed E-state index contributed by atoms with van der Waals surface area (Å²) in [6.45, 7) is 0. The molecule has 0 saturated heterocycles. The van der Waals surface area contributed by atoms with Crippen LogP contribution in [0.2, 0.25) is 10.0 Å². The molecule has 1 aromatic rings. The second kappa shape index (κ2) is 4.90. The zero-order valence-corrected chi connectivity index (χ0v) is 8.14. The van der Waals surface area contributed by atoms with Crippen LogP contribution in [0.1, 0.15) is 5.56 Å². The lowest BCUT2D eigenvalue weighted by molar-refractivity contribution is -0.108. The average molecular weight is 216 g/mol. The molecule has 0 saturated carbocycles. The van der Waals surface area contributed by atoms with E-state index >= 15 is 0 Å². The van der Waals surface area contributed by atoms with Crippen LogP contribution in [0.4, 0.5) is 0 Å². The minimum Gasteiger partial charge on any atom is -0.335 e. The Morgan fingerprint density at radius 2 is 2.00 bits per heavy atom. The summed E-state index contributed by atoms with van der Waals surface area (Å²) in [6, 6.07) is 5.22. The van der Waals surface area contributed by atoms with Crippen LogP contribution in [-0.2, 0) is 4.79 Å². The van der Waals surface area contributed by atoms with Gasteiger partial charge in [-0.3, -0.25) is 4.79 Å². The summed E-state index contributed by atoms with van der Waals surface area (Å²) in [4.78, 5) is 9.91. The molecule has 1 amide bonds. The Morgan fingerprint density at radius 3 is 2.62 bits per heavy atom. The molecule has 0 unspecified atom stereocenters. The summed E-state index contributed by atoms with van der Waals surface area (Å²) in [7, 11) is 0. The molecular weight excluding hydrogens is 209 g/mol. The number of carbonyl (C=O) groups is 1. The summed E-state index contributed by atoms with van der Waals surface area (Å²) >= 11 is 11.5. The Kier molecular flexibility index (Phi) is 3.80. The third-order valence-electron chi connectivity index (χ3n) is 1.38. The monoisotopic (exact) mass is 215 g/mol. The van der Waals surface area contributed by atoms with Crippen molar-refractivity contribution >= 4 is 35.7 Å². The largest absolute Gasteiger partial charge is 0.335 e. The van der Waals surface area contributed by atoms with Gasteiger partial charge in [-0.05, 0) is 23.8 Å². The van der Waals surface area contributed by atoms with E-state index in [2.05, 4.69) is 5.32 Å². The highest BCUT2D eigenvalue weighted by molar-refractivity contribution is 6.42. The summed E-state index contributed by atoms with van der Waals surface area (Å²) < 4.78 is 0. The topological polar surface area (TPSA) is 29.1 Å². The number of nitrogens with one attached hydrogen (secondary N) is 1. The van der Waals surface area contributed by atoms with Crippen LogP contribution in [0.3, 0.4) is 0 Å². The highest BCUT2D eigenvalue weighted by atomic mass is 35.5. The van der Waals surface area contributed by atoms with Crippen molar-refractivity contribution in [3.63, 3.8) is 0 Å². The van der Waals surface area contributed by atoms with Crippen LogP contribution < -0.4 is 5.32 Å². The van der Waals surface area contributed by atoms with Crippen molar-refractivity contribution in [1.29, 1.82) is 0 Å². The van der Waals surface area contributed by atoms with Gasteiger partial charge >= 0.3 is 0 Å². The predicted octanol–water partition coefficient (Wildman–Crippen LogP) is 2.71. The van der Waals surface area contributed by atoms with Crippen molar-refractivity contribution in [2.75, 3.05) is 0 Å². The molecule has 1 rings (SSSR count). The molecule has 0 aliphatic rings. The van der Waals surface area contributed by atoms with Gasteiger partial charge in [-0.25, -0.2) is 0 Å². The number of benzene rings is 1. The predicted molar refractivity (Wildman–Crippen MR) is 54.7 cm³/mol. The highest BCUT2D eigenvalue weighted by Gasteiger charge is 1.95. The minimum atomic E-state index is 0.495. The number of halogens is 2. The van der Waals surface area contributed by atoms with Crippen molar-refractivity contribution in [1.82, 2.24) is 5.32 Å². The number of rotatable bonds is 3. The molecule has 0 spiro atoms. The van der Waals surface area contributed by atoms with Crippen LogP contribution in [0.5, 0.6) is 0 Å². The van der Waals surface area contributed by atoms with Gasteiger partial charge in [0, 0.05) is 6.20 Å². The van der Waals surface area contributed by atoms with E-state index in [4.69, 9.17) is 23.2 Å². The van der Waals surface area contributed by atoms with Crippen LogP contribution in [0.15, 0.2) is 24.4 Å². The molecule has 0 heterocycles. The number of hydrogen-bond donors (Lipinski definition) is 1. The van der Waals surface area contributed by atoms with E-state index in [1.54, 1.807) is 24.3 Å². The molecule has 1 aromatic carbocycles. The van der Waals surface area contributed by atoms with E-state index in [0.29, 0.717) is 16.5 Å². The first-order valence-corrected chi connectivity index (χ1v) is 4.31. The second-order valence-corrected chi connectivity index (χ2v) is 3.11. The van der Waals surface area contributed by atoms with Gasteiger partial charge in [-0.15, -0.1) is 0 Å². The SMILES string of the molecule is O=CN/C=C/c1ccc(Cl)c(Cl)c1. The molecule has 68 valence electrons. The molecular formula is C9H7Cl2NO. The molecule has 0 aromatic heterocycles. The third kappa shape index (κ3) is 3.09. The fourth-order valence-electron chi connectivity index (χ4n) is 0.800. The summed E-state index contributed by atoms with van der Waals surface area (Å²) in [5.41, 5.74) is 0.878. The zero-order chi connectivity index (χ0) is 9.68. The van der Waals surface area contributed by atoms with Crippen LogP contribution in [0, 0.1) is 0 Å². The first-order chi connectivity index (χ1) is 6.24. The van der Waals surface area contributed by atoms with Crippen molar-refractivity contribution in [3.05, 3.63) is 40.0 Å². The lowest BCUT2D eigenvalue weighted by Crippen LogP contribution is -1.97. The van der Waals surface area contributed by atoms with Crippen molar-refractivity contribution < 1.29 is 4.79 Å². The van der Waals surface area contributed by atoms with Crippen LogP contribution >= 0.6 is 23.2 Å². The van der Waals surface area contributed by atoms with Gasteiger partial charge in [0.1, 0.15) is 0 Å². The quantitative estimate of drug-likeness (QED) is 0.773. The van der Waals surface area contributed by atoms with Crippen molar-refractivity contribution in [3.8, 4) is 0 Å². The van der Waals surface area contributed by atoms with E-state index in [0.717, 1.165) is 5.56 Å². The first kappa shape index (κ1) is 10.1. The fourth-order valence-corrected chi connectivity index (χ4v) is 1.11. The Morgan fingerprint density at radius 1 is 1.23 bits per heavy atom. The molecule has 0 aliphatic carbocycles. The normalized spacial score (nSPS) is 10.3. The van der Waals surface area contributed by atoms with Crippen molar-refractivity contribution in [2.24, 2.45) is 0 Å². The lowest BCUT2D eigenvalue weighted by atomic mass is 10.2. The molecule has 2 nitrogen and oxygen atoms in total. The van der Waals surface area contributed by atoms with Gasteiger partial charge in [0.15, 0.2) is 0 Å². The Balaban J connectivity index is 2.79. The van der Waals surface area contributed by atoms with E-state index in [-0.39, 0.29) is 0 Å². The molecule has 0 aliphatic heterocycles. The van der Waals surface area contributed by atoms with E-state index in [1.807, 2.05) is 0 Å². The molecule has 0 fully saturated rings. The molecule has 0 atom stereocenters. The summed E-state index contributed by atoms with van der Waals surface area (Å²) in [5.74, 6) is 0. The Bertz CT molecular complexity index is 336. The molecule has 13 heavy (non-hydrogen) atoms. The molecule has 1 N–H and O–H groups in total. The number of hydrogen-bond acceptors (Lipinski definition) is 1. The van der Waals surface area contributed by atoms with Crippen molar-refractivity contribution in [2.45, 2.75) is 0 Å². The van der Waals surface area contributed by atoms with Crippen LogP contribution in [0.25, 0.3) is 6.08 Å². The maximum absolute atomic E-state index is 9.91. The van der Waals surface area contributed by atoms with Gasteiger partial charge < -0.3 is 5.32 Å². The second-order valence-electron chi connectivity index (χ2n) is 2.29. The number of amides is 1. The average Bonchev–Trinajstić information content (AvgIpc) is 2.12. The molecule has 0 radical (unpaired) electrons. The molecule has 0 bridgehead atoms. The summed E-state index contributed by atoms with van der Waals surface area (Å²) in [5, 5.41) is 3.40. The van der Waals surface area contributed by atoms with Gasteiger partial charge in [0.25, 0.3) is 0 Å². The van der Waals surface area contributed by atoms with E-state index in [1.165, 1.54) is 6.20 Å². The Labute approximate surface area is 86.2 Å². The minimum absolute atomic E-state index is 0.495. The maximum Gasteiger partial charge on any atom is 0.211 e. The van der Waals surface area contributed by atoms with Crippen LogP contribution in [-0.4, -0.2) is 6.41 Å². The van der Waals surface area contributed by atoms with E-state index in [9.17, 15) is 4.79 Å². The molecule has 4 heteroatoms. The number of carbonyl (C=O) groups excluding carboxylic acids is 1. The van der Waals surface area contributed by atoms with Gasteiger partial charge in [0.2, 0.25) is 6.41 Å². The maximum atomic E-state index is 9.91. The standard InChI is InChI=1S/C9H7Cl2NO/c10-8-2-1-7(5-9(8)11)3-4-12-6-13/h1-6H,(H,12,13)/b4-3+. The van der Waals surface area contributed by atoms with Gasteiger partial charge in [-0.2, -0.15) is 0 Å². The highest BCUT2D eigenvalue weighted by Crippen LogP contribution is 2.22. The lowest BCUT2D eigenvalue weighted by Gasteiger charge is -1.96. The summed E-state index contributed by atoms with van der Waals surface area (Å²) in [6.07, 6.45) is 3.83. The smallest absolute Gasteiger partial charge is 0.211 e. The van der Waals surface area contributed by atoms with Gasteiger partial charge in [-0.1, -0.05) is 29.3 Å².